The van der Waals surface area contributed by atoms with Gasteiger partial charge < -0.3 is 5.32 Å². The third-order valence-corrected chi connectivity index (χ3v) is 2.25. The van der Waals surface area contributed by atoms with Gasteiger partial charge in [0.25, 0.3) is 0 Å². The van der Waals surface area contributed by atoms with Crippen LogP contribution in [0.15, 0.2) is 18.2 Å². The molecule has 78 valence electrons. The molecule has 0 aliphatic heterocycles. The van der Waals surface area contributed by atoms with Gasteiger partial charge in [-0.1, -0.05) is 19.4 Å². The van der Waals surface area contributed by atoms with Gasteiger partial charge in [-0.05, 0) is 38.0 Å². The molecular weight excluding hydrogens is 177 g/mol. The number of benzene rings is 1. The first kappa shape index (κ1) is 11.0. The van der Waals surface area contributed by atoms with Crippen LogP contribution in [0.25, 0.3) is 0 Å². The number of rotatable bonds is 4. The summed E-state index contributed by atoms with van der Waals surface area (Å²) >= 11 is 0. The monoisotopic (exact) mass is 195 g/mol. The molecule has 0 spiro atoms. The van der Waals surface area contributed by atoms with Crippen LogP contribution in [0.5, 0.6) is 0 Å². The molecule has 1 aromatic carbocycles. The lowest BCUT2D eigenvalue weighted by Gasteiger charge is -2.14. The first-order chi connectivity index (χ1) is 6.63. The molecule has 2 heteroatoms. The van der Waals surface area contributed by atoms with Gasteiger partial charge in [-0.25, -0.2) is 4.39 Å². The van der Waals surface area contributed by atoms with E-state index in [-0.39, 0.29) is 5.82 Å². The van der Waals surface area contributed by atoms with E-state index in [1.54, 1.807) is 12.1 Å². The van der Waals surface area contributed by atoms with E-state index in [0.29, 0.717) is 11.7 Å². The number of hydrogen-bond donors (Lipinski definition) is 1. The van der Waals surface area contributed by atoms with E-state index >= 15 is 0 Å². The molecule has 14 heavy (non-hydrogen) atoms. The molecule has 1 N–H and O–H groups in total. The fourth-order valence-electron chi connectivity index (χ4n) is 1.51. The van der Waals surface area contributed by atoms with Crippen molar-refractivity contribution in [3.8, 4) is 0 Å². The Morgan fingerprint density at radius 3 is 2.71 bits per heavy atom. The summed E-state index contributed by atoms with van der Waals surface area (Å²) in [6.07, 6.45) is 2.18. The van der Waals surface area contributed by atoms with Crippen molar-refractivity contribution in [2.24, 2.45) is 0 Å². The third kappa shape index (κ3) is 3.02. The minimum absolute atomic E-state index is 0.159. The van der Waals surface area contributed by atoms with Crippen molar-refractivity contribution in [1.82, 2.24) is 0 Å². The van der Waals surface area contributed by atoms with Gasteiger partial charge in [0.05, 0.1) is 5.69 Å². The normalized spacial score (nSPS) is 12.6. The fraction of sp³-hybridized carbons (Fsp3) is 0.500. The van der Waals surface area contributed by atoms with Gasteiger partial charge in [-0.2, -0.15) is 0 Å². The van der Waals surface area contributed by atoms with Crippen LogP contribution in [-0.4, -0.2) is 6.04 Å². The maximum Gasteiger partial charge on any atom is 0.146 e. The number of halogens is 1. The van der Waals surface area contributed by atoms with Crippen molar-refractivity contribution in [3.63, 3.8) is 0 Å². The van der Waals surface area contributed by atoms with Crippen LogP contribution in [0.4, 0.5) is 10.1 Å². The van der Waals surface area contributed by atoms with Crippen LogP contribution in [0.3, 0.4) is 0 Å². The second-order valence-electron chi connectivity index (χ2n) is 3.82. The van der Waals surface area contributed by atoms with Crippen molar-refractivity contribution >= 4 is 5.69 Å². The molecule has 0 aromatic heterocycles. The topological polar surface area (TPSA) is 12.0 Å². The van der Waals surface area contributed by atoms with E-state index < -0.39 is 0 Å². The Morgan fingerprint density at radius 2 is 2.14 bits per heavy atom. The predicted octanol–water partition coefficient (Wildman–Crippen LogP) is 3.73. The predicted molar refractivity (Wildman–Crippen MR) is 59.1 cm³/mol. The smallest absolute Gasteiger partial charge is 0.146 e. The molecule has 1 rings (SSSR count). The zero-order chi connectivity index (χ0) is 10.6. The number of hydrogen-bond acceptors (Lipinski definition) is 1. The van der Waals surface area contributed by atoms with Crippen LogP contribution < -0.4 is 5.32 Å². The Hall–Kier alpha value is -1.05. The Kier molecular flexibility index (Phi) is 3.93. The molecule has 0 fully saturated rings. The van der Waals surface area contributed by atoms with E-state index in [2.05, 4.69) is 19.2 Å². The highest BCUT2D eigenvalue weighted by Crippen LogP contribution is 2.17. The summed E-state index contributed by atoms with van der Waals surface area (Å²) < 4.78 is 13.4. The Labute approximate surface area is 85.3 Å². The van der Waals surface area contributed by atoms with Gasteiger partial charge in [-0.3, -0.25) is 0 Å². The first-order valence-corrected chi connectivity index (χ1v) is 5.16. The molecule has 0 aliphatic rings. The Bertz CT molecular complexity index is 296. The van der Waals surface area contributed by atoms with Crippen molar-refractivity contribution in [3.05, 3.63) is 29.6 Å². The van der Waals surface area contributed by atoms with E-state index in [4.69, 9.17) is 0 Å². The van der Waals surface area contributed by atoms with Gasteiger partial charge in [0.1, 0.15) is 5.82 Å². The van der Waals surface area contributed by atoms with Crippen LogP contribution in [0.1, 0.15) is 32.3 Å². The van der Waals surface area contributed by atoms with E-state index in [1.165, 1.54) is 0 Å². The highest BCUT2D eigenvalue weighted by Gasteiger charge is 2.05. The summed E-state index contributed by atoms with van der Waals surface area (Å²) in [5.41, 5.74) is 1.56. The molecule has 1 unspecified atom stereocenters. The van der Waals surface area contributed by atoms with Crippen LogP contribution in [-0.2, 0) is 0 Å². The van der Waals surface area contributed by atoms with Gasteiger partial charge in [0.2, 0.25) is 0 Å². The maximum atomic E-state index is 13.4. The lowest BCUT2D eigenvalue weighted by atomic mass is 10.1. The summed E-state index contributed by atoms with van der Waals surface area (Å²) in [5.74, 6) is -0.159. The van der Waals surface area contributed by atoms with Crippen molar-refractivity contribution in [2.75, 3.05) is 5.32 Å². The number of aryl methyl sites for hydroxylation is 1. The van der Waals surface area contributed by atoms with Gasteiger partial charge >= 0.3 is 0 Å². The molecule has 0 aliphatic carbocycles. The highest BCUT2D eigenvalue weighted by atomic mass is 19.1. The van der Waals surface area contributed by atoms with Gasteiger partial charge in [0, 0.05) is 6.04 Å². The number of nitrogens with one attached hydrogen (secondary N) is 1. The van der Waals surface area contributed by atoms with E-state index in [0.717, 1.165) is 18.4 Å². The molecular formula is C12H18FN. The second-order valence-corrected chi connectivity index (χ2v) is 3.82. The lowest BCUT2D eigenvalue weighted by Crippen LogP contribution is -2.15. The Balaban J connectivity index is 2.67. The molecule has 0 radical (unpaired) electrons. The maximum absolute atomic E-state index is 13.4. The van der Waals surface area contributed by atoms with E-state index in [1.807, 2.05) is 13.0 Å². The fourth-order valence-corrected chi connectivity index (χ4v) is 1.51. The summed E-state index contributed by atoms with van der Waals surface area (Å²) in [6.45, 7) is 6.09. The van der Waals surface area contributed by atoms with Crippen LogP contribution in [0.2, 0.25) is 0 Å². The number of anilines is 1. The van der Waals surface area contributed by atoms with Gasteiger partial charge in [-0.15, -0.1) is 0 Å². The summed E-state index contributed by atoms with van der Waals surface area (Å²) in [7, 11) is 0. The zero-order valence-corrected chi connectivity index (χ0v) is 9.10. The zero-order valence-electron chi connectivity index (χ0n) is 9.10. The highest BCUT2D eigenvalue weighted by molar-refractivity contribution is 5.46. The lowest BCUT2D eigenvalue weighted by molar-refractivity contribution is 0.619. The van der Waals surface area contributed by atoms with Gasteiger partial charge in [0.15, 0.2) is 0 Å². The summed E-state index contributed by atoms with van der Waals surface area (Å²) in [5, 5.41) is 3.16. The molecule has 0 saturated carbocycles. The SMILES string of the molecule is CCCC(C)Nc1ccc(C)cc1F. The molecule has 0 bridgehead atoms. The van der Waals surface area contributed by atoms with E-state index in [9.17, 15) is 4.39 Å². The molecule has 0 amide bonds. The van der Waals surface area contributed by atoms with Crippen molar-refractivity contribution in [2.45, 2.75) is 39.7 Å². The molecule has 0 saturated heterocycles. The third-order valence-electron chi connectivity index (χ3n) is 2.25. The first-order valence-electron chi connectivity index (χ1n) is 5.16. The molecule has 0 heterocycles. The Morgan fingerprint density at radius 1 is 1.43 bits per heavy atom. The molecule has 1 atom stereocenters. The van der Waals surface area contributed by atoms with Crippen LogP contribution >= 0.6 is 0 Å². The second kappa shape index (κ2) is 4.99. The average molecular weight is 195 g/mol. The van der Waals surface area contributed by atoms with Crippen molar-refractivity contribution < 1.29 is 4.39 Å². The quantitative estimate of drug-likeness (QED) is 0.771. The summed E-state index contributed by atoms with van der Waals surface area (Å²) in [6, 6.07) is 5.61. The minimum Gasteiger partial charge on any atom is -0.380 e. The minimum atomic E-state index is -0.159. The average Bonchev–Trinajstić information content (AvgIpc) is 2.10. The molecule has 1 aromatic rings. The molecule has 1 nitrogen and oxygen atoms in total. The largest absolute Gasteiger partial charge is 0.380 e. The van der Waals surface area contributed by atoms with Crippen molar-refractivity contribution in [1.29, 1.82) is 0 Å². The standard InChI is InChI=1S/C12H18FN/c1-4-5-10(3)14-12-7-6-9(2)8-11(12)13/h6-8,10,14H,4-5H2,1-3H3. The van der Waals surface area contributed by atoms with Crippen LogP contribution in [0, 0.1) is 12.7 Å². The summed E-state index contributed by atoms with van der Waals surface area (Å²) in [4.78, 5) is 0.